The van der Waals surface area contributed by atoms with Gasteiger partial charge in [0.05, 0.1) is 7.11 Å². The molecule has 5 rings (SSSR count). The molecule has 1 unspecified atom stereocenters. The maximum atomic E-state index is 6.19. The SMILES string of the molecule is COc1cc2c(cc1OCc1ccccc1)C(Cc1ccc(OCc3ccccc3)cc1)N(C)C2. The Bertz CT molecular complexity index is 1240. The highest BCUT2D eigenvalue weighted by Gasteiger charge is 2.29. The van der Waals surface area contributed by atoms with Gasteiger partial charge in [-0.2, -0.15) is 0 Å². The molecule has 0 spiro atoms. The molecule has 4 heteroatoms. The maximum Gasteiger partial charge on any atom is 0.162 e. The summed E-state index contributed by atoms with van der Waals surface area (Å²) in [7, 11) is 3.88. The second-order valence-electron chi connectivity index (χ2n) is 9.03. The van der Waals surface area contributed by atoms with Crippen LogP contribution in [-0.4, -0.2) is 19.1 Å². The molecule has 0 N–H and O–H groups in total. The summed E-state index contributed by atoms with van der Waals surface area (Å²) in [5.74, 6) is 2.47. The maximum absolute atomic E-state index is 6.19. The molecule has 0 fully saturated rings. The van der Waals surface area contributed by atoms with E-state index in [1.165, 1.54) is 22.3 Å². The van der Waals surface area contributed by atoms with E-state index in [-0.39, 0.29) is 6.04 Å². The van der Waals surface area contributed by atoms with Gasteiger partial charge in [-0.1, -0.05) is 72.8 Å². The van der Waals surface area contributed by atoms with Crippen molar-refractivity contribution in [2.75, 3.05) is 14.2 Å². The lowest BCUT2D eigenvalue weighted by molar-refractivity contribution is 0.265. The third-order valence-corrected chi connectivity index (χ3v) is 6.57. The molecule has 0 saturated carbocycles. The summed E-state index contributed by atoms with van der Waals surface area (Å²) < 4.78 is 17.8. The molecule has 1 aliphatic rings. The molecular formula is C31H31NO3. The van der Waals surface area contributed by atoms with Crippen molar-refractivity contribution in [3.8, 4) is 17.2 Å². The Morgan fingerprint density at radius 1 is 0.714 bits per heavy atom. The van der Waals surface area contributed by atoms with Gasteiger partial charge < -0.3 is 14.2 Å². The summed E-state index contributed by atoms with van der Waals surface area (Å²) in [4.78, 5) is 2.39. The molecule has 4 aromatic rings. The second-order valence-corrected chi connectivity index (χ2v) is 9.03. The summed E-state index contributed by atoms with van der Waals surface area (Å²) in [6.07, 6.45) is 0.924. The smallest absolute Gasteiger partial charge is 0.162 e. The zero-order valence-corrected chi connectivity index (χ0v) is 20.3. The highest BCUT2D eigenvalue weighted by molar-refractivity contribution is 5.50. The van der Waals surface area contributed by atoms with E-state index < -0.39 is 0 Å². The summed E-state index contributed by atoms with van der Waals surface area (Å²) in [5, 5.41) is 0. The first-order valence-corrected chi connectivity index (χ1v) is 12.0. The molecule has 0 aliphatic carbocycles. The summed E-state index contributed by atoms with van der Waals surface area (Å²) >= 11 is 0. The molecule has 1 atom stereocenters. The van der Waals surface area contributed by atoms with Gasteiger partial charge in [-0.3, -0.25) is 4.90 Å². The minimum absolute atomic E-state index is 0.283. The number of rotatable bonds is 9. The number of hydrogen-bond donors (Lipinski definition) is 0. The number of nitrogens with zero attached hydrogens (tertiary/aromatic N) is 1. The molecule has 0 aromatic heterocycles. The first kappa shape index (κ1) is 23.0. The largest absolute Gasteiger partial charge is 0.493 e. The number of ether oxygens (including phenoxy) is 3. The average Bonchev–Trinajstić information content (AvgIpc) is 3.21. The number of fused-ring (bicyclic) bond motifs is 1. The van der Waals surface area contributed by atoms with Crippen molar-refractivity contribution in [1.29, 1.82) is 0 Å². The standard InChI is InChI=1S/C31H31NO3/c1-32-20-26-18-30(33-2)31(35-22-25-11-7-4-8-12-25)19-28(26)29(32)17-23-13-15-27(16-14-23)34-21-24-9-5-3-6-10-24/h3-16,18-19,29H,17,20-22H2,1-2H3. The lowest BCUT2D eigenvalue weighted by Gasteiger charge is -2.21. The fourth-order valence-corrected chi connectivity index (χ4v) is 4.64. The number of likely N-dealkylation sites (N-methyl/N-ethyl adjacent to an activating group) is 1. The van der Waals surface area contributed by atoms with Crippen molar-refractivity contribution in [3.05, 3.63) is 125 Å². The van der Waals surface area contributed by atoms with Gasteiger partial charge in [-0.15, -0.1) is 0 Å². The van der Waals surface area contributed by atoms with Gasteiger partial charge in [0.1, 0.15) is 19.0 Å². The van der Waals surface area contributed by atoms with E-state index in [0.717, 1.165) is 35.8 Å². The van der Waals surface area contributed by atoms with Crippen LogP contribution in [0.25, 0.3) is 0 Å². The van der Waals surface area contributed by atoms with E-state index >= 15 is 0 Å². The predicted octanol–water partition coefficient (Wildman–Crippen LogP) is 6.58. The van der Waals surface area contributed by atoms with Crippen molar-refractivity contribution < 1.29 is 14.2 Å². The summed E-state index contributed by atoms with van der Waals surface area (Å²) in [5.41, 5.74) is 6.19. The van der Waals surface area contributed by atoms with Crippen LogP contribution in [0.15, 0.2) is 97.1 Å². The number of methoxy groups -OCH3 is 1. The topological polar surface area (TPSA) is 30.9 Å². The Kier molecular flexibility index (Phi) is 7.01. The predicted molar refractivity (Wildman–Crippen MR) is 139 cm³/mol. The van der Waals surface area contributed by atoms with Crippen molar-refractivity contribution in [2.24, 2.45) is 0 Å². The van der Waals surface area contributed by atoms with E-state index in [1.807, 2.05) is 36.4 Å². The van der Waals surface area contributed by atoms with Crippen LogP contribution in [0.4, 0.5) is 0 Å². The molecule has 0 amide bonds. The quantitative estimate of drug-likeness (QED) is 0.279. The highest BCUT2D eigenvalue weighted by atomic mass is 16.5. The first-order valence-electron chi connectivity index (χ1n) is 12.0. The van der Waals surface area contributed by atoms with Crippen LogP contribution >= 0.6 is 0 Å². The fourth-order valence-electron chi connectivity index (χ4n) is 4.64. The number of hydrogen-bond acceptors (Lipinski definition) is 4. The van der Waals surface area contributed by atoms with Crippen molar-refractivity contribution in [1.82, 2.24) is 4.90 Å². The molecule has 0 radical (unpaired) electrons. The van der Waals surface area contributed by atoms with Crippen LogP contribution in [0.2, 0.25) is 0 Å². The Morgan fingerprint density at radius 3 is 1.97 bits per heavy atom. The van der Waals surface area contributed by atoms with Crippen LogP contribution in [0, 0.1) is 0 Å². The molecule has 4 nitrogen and oxygen atoms in total. The van der Waals surface area contributed by atoms with Gasteiger partial charge in [0.15, 0.2) is 11.5 Å². The lowest BCUT2D eigenvalue weighted by atomic mass is 9.97. The Labute approximate surface area is 207 Å². The average molecular weight is 466 g/mol. The van der Waals surface area contributed by atoms with Gasteiger partial charge in [-0.05, 0) is 65.6 Å². The van der Waals surface area contributed by atoms with Gasteiger partial charge in [0.25, 0.3) is 0 Å². The van der Waals surface area contributed by atoms with E-state index in [0.29, 0.717) is 13.2 Å². The first-order chi connectivity index (χ1) is 17.2. The zero-order valence-electron chi connectivity index (χ0n) is 20.3. The van der Waals surface area contributed by atoms with E-state index in [4.69, 9.17) is 14.2 Å². The molecule has 0 bridgehead atoms. The van der Waals surface area contributed by atoms with Crippen molar-refractivity contribution >= 4 is 0 Å². The van der Waals surface area contributed by atoms with Crippen molar-refractivity contribution in [3.63, 3.8) is 0 Å². The lowest BCUT2D eigenvalue weighted by Crippen LogP contribution is -2.18. The van der Waals surface area contributed by atoms with E-state index in [2.05, 4.69) is 72.6 Å². The fraction of sp³-hybridized carbons (Fsp3) is 0.226. The third kappa shape index (κ3) is 5.50. The van der Waals surface area contributed by atoms with Crippen LogP contribution in [0.1, 0.15) is 33.9 Å². The van der Waals surface area contributed by atoms with E-state index in [9.17, 15) is 0 Å². The molecule has 4 aromatic carbocycles. The third-order valence-electron chi connectivity index (χ3n) is 6.57. The summed E-state index contributed by atoms with van der Waals surface area (Å²) in [6, 6.07) is 33.5. The monoisotopic (exact) mass is 465 g/mol. The molecule has 35 heavy (non-hydrogen) atoms. The Morgan fingerprint density at radius 2 is 1.34 bits per heavy atom. The molecule has 0 saturated heterocycles. The Hall–Kier alpha value is -3.76. The Balaban J connectivity index is 1.28. The minimum atomic E-state index is 0.283. The van der Waals surface area contributed by atoms with Crippen LogP contribution in [0.3, 0.4) is 0 Å². The molecule has 1 heterocycles. The van der Waals surface area contributed by atoms with Gasteiger partial charge in [0, 0.05) is 12.6 Å². The molecule has 178 valence electrons. The molecule has 1 aliphatic heterocycles. The van der Waals surface area contributed by atoms with Crippen LogP contribution in [0.5, 0.6) is 17.2 Å². The van der Waals surface area contributed by atoms with Gasteiger partial charge in [0.2, 0.25) is 0 Å². The van der Waals surface area contributed by atoms with Crippen LogP contribution in [-0.2, 0) is 26.2 Å². The molecular weight excluding hydrogens is 434 g/mol. The zero-order chi connectivity index (χ0) is 24.0. The minimum Gasteiger partial charge on any atom is -0.493 e. The van der Waals surface area contributed by atoms with E-state index in [1.54, 1.807) is 7.11 Å². The van der Waals surface area contributed by atoms with Gasteiger partial charge >= 0.3 is 0 Å². The van der Waals surface area contributed by atoms with Crippen LogP contribution < -0.4 is 14.2 Å². The number of benzene rings is 4. The normalized spacial score (nSPS) is 15.0. The summed E-state index contributed by atoms with van der Waals surface area (Å²) in [6.45, 7) is 1.99. The highest BCUT2D eigenvalue weighted by Crippen LogP contribution is 2.41. The van der Waals surface area contributed by atoms with Gasteiger partial charge in [-0.25, -0.2) is 0 Å². The van der Waals surface area contributed by atoms with Crippen molar-refractivity contribution in [2.45, 2.75) is 32.2 Å². The second kappa shape index (κ2) is 10.7.